The number of amides is 1. The molecule has 44 heavy (non-hydrogen) atoms. The second kappa shape index (κ2) is 12.4. The highest BCUT2D eigenvalue weighted by atomic mass is 35.5. The van der Waals surface area contributed by atoms with E-state index in [2.05, 4.69) is 16.3 Å². The van der Waals surface area contributed by atoms with E-state index in [9.17, 15) is 31.1 Å². The monoisotopic (exact) mass is 653 g/mol. The van der Waals surface area contributed by atoms with Gasteiger partial charge in [-0.05, 0) is 41.1 Å². The Morgan fingerprint density at radius 2 is 1.64 bits per heavy atom. The van der Waals surface area contributed by atoms with Crippen LogP contribution in [-0.2, 0) is 21.9 Å². The van der Waals surface area contributed by atoms with E-state index in [1.807, 2.05) is 0 Å². The van der Waals surface area contributed by atoms with E-state index < -0.39 is 50.7 Å². The number of carbonyl (C=O) groups is 1. The van der Waals surface area contributed by atoms with E-state index in [0.29, 0.717) is 10.8 Å². The molecule has 1 atom stereocenters. The van der Waals surface area contributed by atoms with Gasteiger partial charge in [0.2, 0.25) is 5.60 Å². The highest BCUT2D eigenvalue weighted by Gasteiger charge is 2.60. The van der Waals surface area contributed by atoms with Crippen molar-refractivity contribution in [2.45, 2.75) is 18.4 Å². The van der Waals surface area contributed by atoms with Gasteiger partial charge < -0.3 is 5.32 Å². The van der Waals surface area contributed by atoms with Crippen molar-refractivity contribution in [3.8, 4) is 0 Å². The molecule has 0 fully saturated rings. The molecule has 228 valence electrons. The first-order valence-corrected chi connectivity index (χ1v) is 13.4. The van der Waals surface area contributed by atoms with Gasteiger partial charge in [0.25, 0.3) is 5.91 Å². The summed E-state index contributed by atoms with van der Waals surface area (Å²) in [6.45, 7) is -0.293. The van der Waals surface area contributed by atoms with Gasteiger partial charge in [-0.25, -0.2) is 13.2 Å². The number of carbonyl (C=O) groups excluding carboxylic acids is 1. The average molecular weight is 654 g/mol. The van der Waals surface area contributed by atoms with Crippen LogP contribution >= 0.6 is 23.2 Å². The molecular weight excluding hydrogens is 635 g/mol. The van der Waals surface area contributed by atoms with Crippen molar-refractivity contribution in [1.82, 2.24) is 16.3 Å². The van der Waals surface area contributed by atoms with Crippen LogP contribution in [0.2, 0.25) is 10.0 Å². The molecule has 6 nitrogen and oxygen atoms in total. The van der Waals surface area contributed by atoms with E-state index in [-0.39, 0.29) is 29.0 Å². The van der Waals surface area contributed by atoms with Crippen molar-refractivity contribution in [3.05, 3.63) is 135 Å². The Morgan fingerprint density at radius 1 is 0.932 bits per heavy atom. The van der Waals surface area contributed by atoms with E-state index in [1.54, 1.807) is 24.3 Å². The van der Waals surface area contributed by atoms with Crippen LogP contribution in [0.3, 0.4) is 0 Å². The van der Waals surface area contributed by atoms with Crippen LogP contribution in [-0.4, -0.2) is 12.1 Å². The summed E-state index contributed by atoms with van der Waals surface area (Å²) in [6, 6.07) is 14.6. The number of fused-ring (bicyclic) bond motifs is 1. The number of hydrogen-bond acceptors (Lipinski definition) is 5. The fourth-order valence-electron chi connectivity index (χ4n) is 4.53. The second-order valence-electron chi connectivity index (χ2n) is 9.38. The Labute approximate surface area is 255 Å². The van der Waals surface area contributed by atoms with Crippen molar-refractivity contribution in [2.75, 3.05) is 0 Å². The number of rotatable bonds is 8. The van der Waals surface area contributed by atoms with Crippen LogP contribution in [0.1, 0.15) is 27.0 Å². The molecule has 5 rings (SSSR count). The summed E-state index contributed by atoms with van der Waals surface area (Å²) in [6.07, 6.45) is -1.81. The second-order valence-corrected chi connectivity index (χ2v) is 10.2. The first-order chi connectivity index (χ1) is 20.9. The first-order valence-electron chi connectivity index (χ1n) is 12.6. The Morgan fingerprint density at radius 3 is 2.34 bits per heavy atom. The summed E-state index contributed by atoms with van der Waals surface area (Å²) in [5.41, 5.74) is 1.47. The molecule has 1 heterocycles. The zero-order valence-electron chi connectivity index (χ0n) is 22.0. The minimum absolute atomic E-state index is 0.0171. The molecule has 1 aliphatic heterocycles. The van der Waals surface area contributed by atoms with Gasteiger partial charge in [-0.2, -0.15) is 13.2 Å². The van der Waals surface area contributed by atoms with Crippen LogP contribution < -0.4 is 16.3 Å². The van der Waals surface area contributed by atoms with Crippen LogP contribution in [0.15, 0.2) is 85.2 Å². The van der Waals surface area contributed by atoms with Gasteiger partial charge >= 0.3 is 6.18 Å². The van der Waals surface area contributed by atoms with Crippen molar-refractivity contribution in [1.29, 1.82) is 0 Å². The van der Waals surface area contributed by atoms with Crippen LogP contribution in [0.25, 0.3) is 16.5 Å². The van der Waals surface area contributed by atoms with Crippen molar-refractivity contribution in [3.63, 3.8) is 0 Å². The summed E-state index contributed by atoms with van der Waals surface area (Å²) in [4.78, 5) is 23.1. The normalized spacial score (nSPS) is 16.7. The van der Waals surface area contributed by atoms with Gasteiger partial charge in [0, 0.05) is 34.7 Å². The fourth-order valence-corrected chi connectivity index (χ4v) is 5.02. The van der Waals surface area contributed by atoms with Gasteiger partial charge in [-0.3, -0.25) is 25.4 Å². The molecule has 0 aliphatic carbocycles. The van der Waals surface area contributed by atoms with Crippen LogP contribution in [0.5, 0.6) is 0 Å². The maximum Gasteiger partial charge on any atom is 0.428 e. The molecule has 4 aromatic carbocycles. The zero-order chi connectivity index (χ0) is 31.6. The van der Waals surface area contributed by atoms with Gasteiger partial charge in [0.05, 0.1) is 15.7 Å². The Kier molecular flexibility index (Phi) is 8.80. The minimum Gasteiger partial charge on any atom is -0.327 e. The molecule has 0 saturated heterocycles. The van der Waals surface area contributed by atoms with Gasteiger partial charge in [-0.1, -0.05) is 65.7 Å². The van der Waals surface area contributed by atoms with Crippen LogP contribution in [0.4, 0.5) is 26.3 Å². The lowest BCUT2D eigenvalue weighted by molar-refractivity contribution is -0.269. The quantitative estimate of drug-likeness (QED) is 0.0783. The Bertz CT molecular complexity index is 1790. The van der Waals surface area contributed by atoms with Crippen LogP contribution in [0, 0.1) is 17.5 Å². The first kappa shape index (κ1) is 31.2. The van der Waals surface area contributed by atoms with Gasteiger partial charge in [0.1, 0.15) is 6.61 Å². The molecule has 0 radical (unpaired) electrons. The van der Waals surface area contributed by atoms with Gasteiger partial charge in [0.15, 0.2) is 17.5 Å². The number of hydrogen-bond donors (Lipinski definition) is 3. The van der Waals surface area contributed by atoms with Crippen molar-refractivity contribution < 1.29 is 40.8 Å². The molecule has 1 aliphatic rings. The predicted octanol–water partition coefficient (Wildman–Crippen LogP) is 7.82. The van der Waals surface area contributed by atoms with E-state index in [0.717, 1.165) is 24.3 Å². The number of benzene rings is 4. The minimum atomic E-state index is -5.02. The summed E-state index contributed by atoms with van der Waals surface area (Å²) in [5.74, 6) is -3.68. The third-order valence-corrected chi connectivity index (χ3v) is 7.22. The molecule has 0 spiro atoms. The zero-order valence-corrected chi connectivity index (χ0v) is 23.6. The lowest BCUT2D eigenvalue weighted by Crippen LogP contribution is -2.42. The van der Waals surface area contributed by atoms with Crippen molar-refractivity contribution in [2.24, 2.45) is 0 Å². The molecule has 1 unspecified atom stereocenters. The van der Waals surface area contributed by atoms with E-state index in [4.69, 9.17) is 32.9 Å². The largest absolute Gasteiger partial charge is 0.428 e. The Balaban J connectivity index is 1.37. The van der Waals surface area contributed by atoms with Gasteiger partial charge in [-0.15, -0.1) is 0 Å². The highest BCUT2D eigenvalue weighted by molar-refractivity contribution is 6.35. The number of hydroxylamine groups is 2. The lowest BCUT2D eigenvalue weighted by Gasteiger charge is -2.28. The summed E-state index contributed by atoms with van der Waals surface area (Å²) < 4.78 is 84.3. The molecular formula is C30H19Cl2F6N3O3. The van der Waals surface area contributed by atoms with E-state index >= 15 is 0 Å². The van der Waals surface area contributed by atoms with E-state index in [1.165, 1.54) is 36.7 Å². The maximum absolute atomic E-state index is 14.5. The molecule has 0 saturated carbocycles. The standard InChI is InChI=1S/C30H19Cl2F6N3O3/c31-22-12-17(13-23(32)27(22)35)29(30(36,37)38)14-25(41-44-29)20-8-9-21(19-6-2-1-5-18(19)20)28(42)39-10-11-40-43-15-16-4-3-7-24(33)26(16)34/h1-14,40-41H,15H2,(H,39,42). The molecule has 3 N–H and O–H groups in total. The predicted molar refractivity (Wildman–Crippen MR) is 151 cm³/mol. The summed E-state index contributed by atoms with van der Waals surface area (Å²) >= 11 is 11.6. The number of halogens is 8. The summed E-state index contributed by atoms with van der Waals surface area (Å²) in [5, 5.41) is 2.11. The molecule has 1 amide bonds. The average Bonchev–Trinajstić information content (AvgIpc) is 3.46. The smallest absolute Gasteiger partial charge is 0.327 e. The topological polar surface area (TPSA) is 71.6 Å². The molecule has 0 aromatic heterocycles. The third kappa shape index (κ3) is 5.93. The molecule has 14 heteroatoms. The highest BCUT2D eigenvalue weighted by Crippen LogP contribution is 2.49. The SMILES string of the molecule is O=C(NC=CNOCc1cccc(F)c1F)c1ccc(C2=CC(c3cc(Cl)c(F)c(Cl)c3)(C(F)(F)F)ON2)c2ccccc12. The Hall–Kier alpha value is -4.23. The maximum atomic E-state index is 14.5. The lowest BCUT2D eigenvalue weighted by atomic mass is 9.90. The third-order valence-electron chi connectivity index (χ3n) is 6.67. The summed E-state index contributed by atoms with van der Waals surface area (Å²) in [7, 11) is 0. The number of alkyl halides is 3. The number of nitrogens with one attached hydrogen (secondary N) is 3. The molecule has 0 bridgehead atoms. The fraction of sp³-hybridized carbons (Fsp3) is 0.100. The van der Waals surface area contributed by atoms with Crippen molar-refractivity contribution >= 4 is 45.6 Å². The molecule has 4 aromatic rings.